The Hall–Kier alpha value is -2.16. The van der Waals surface area contributed by atoms with Crippen LogP contribution in [0.4, 0.5) is 8.78 Å². The first-order chi connectivity index (χ1) is 9.67. The maximum absolute atomic E-state index is 14.0. The van der Waals surface area contributed by atoms with Crippen LogP contribution in [0.15, 0.2) is 49.2 Å². The van der Waals surface area contributed by atoms with E-state index in [1.54, 1.807) is 12.1 Å². The maximum Gasteiger partial charge on any atom is 0.201 e. The zero-order chi connectivity index (χ0) is 14.5. The van der Waals surface area contributed by atoms with Gasteiger partial charge >= 0.3 is 0 Å². The smallest absolute Gasteiger partial charge is 0.201 e. The molecule has 0 radical (unpaired) electrons. The first-order valence-electron chi connectivity index (χ1n) is 6.52. The lowest BCUT2D eigenvalue weighted by Crippen LogP contribution is -1.94. The highest BCUT2D eigenvalue weighted by Crippen LogP contribution is 2.30. The van der Waals surface area contributed by atoms with Crippen LogP contribution < -0.4 is 4.74 Å². The van der Waals surface area contributed by atoms with Gasteiger partial charge in [0.2, 0.25) is 5.82 Å². The fourth-order valence-corrected chi connectivity index (χ4v) is 2.08. The molecule has 0 unspecified atom stereocenters. The number of halogens is 2. The number of aryl methyl sites for hydroxylation is 1. The molecule has 1 nitrogen and oxygen atoms in total. The molecule has 0 aliphatic rings. The van der Waals surface area contributed by atoms with Crippen molar-refractivity contribution in [1.82, 2.24) is 0 Å². The molecule has 0 saturated carbocycles. The van der Waals surface area contributed by atoms with Crippen LogP contribution in [-0.4, -0.2) is 0 Å². The molecule has 0 aliphatic heterocycles. The number of hydrogen-bond acceptors (Lipinski definition) is 1. The summed E-state index contributed by atoms with van der Waals surface area (Å²) in [7, 11) is 0. The Kier molecular flexibility index (Phi) is 4.51. The molecular formula is C17H16F2O. The molecule has 0 saturated heterocycles. The van der Waals surface area contributed by atoms with Crippen molar-refractivity contribution in [3.05, 3.63) is 66.4 Å². The Morgan fingerprint density at radius 1 is 1.05 bits per heavy atom. The molecule has 0 N–H and O–H groups in total. The van der Waals surface area contributed by atoms with Gasteiger partial charge in [-0.15, -0.1) is 0 Å². The third-order valence-electron chi connectivity index (χ3n) is 3.06. The molecule has 0 amide bonds. The summed E-state index contributed by atoms with van der Waals surface area (Å²) >= 11 is 0. The van der Waals surface area contributed by atoms with Crippen molar-refractivity contribution in [3.63, 3.8) is 0 Å². The average Bonchev–Trinajstić information content (AvgIpc) is 2.46. The zero-order valence-electron chi connectivity index (χ0n) is 11.3. The first-order valence-corrected chi connectivity index (χ1v) is 6.52. The minimum Gasteiger partial charge on any atom is -0.462 e. The monoisotopic (exact) mass is 274 g/mol. The normalized spacial score (nSPS) is 10.3. The lowest BCUT2D eigenvalue weighted by molar-refractivity contribution is 0.417. The fraction of sp³-hybridized carbons (Fsp3) is 0.176. The van der Waals surface area contributed by atoms with Crippen LogP contribution in [-0.2, 0) is 6.42 Å². The van der Waals surface area contributed by atoms with Crippen molar-refractivity contribution in [3.8, 4) is 16.9 Å². The number of hydrogen-bond donors (Lipinski definition) is 0. The van der Waals surface area contributed by atoms with Crippen LogP contribution in [0, 0.1) is 11.6 Å². The molecule has 0 spiro atoms. The summed E-state index contributed by atoms with van der Waals surface area (Å²) in [4.78, 5) is 0. The Bertz CT molecular complexity index is 603. The quantitative estimate of drug-likeness (QED) is 0.689. The Labute approximate surface area is 117 Å². The van der Waals surface area contributed by atoms with E-state index in [1.807, 2.05) is 12.1 Å². The number of benzene rings is 2. The molecule has 0 aliphatic carbocycles. The van der Waals surface area contributed by atoms with Crippen molar-refractivity contribution < 1.29 is 13.5 Å². The SMILES string of the molecule is C=COc1ccc(-c2ccc(CCC)cc2)c(F)c1F. The molecule has 0 aromatic heterocycles. The second kappa shape index (κ2) is 6.33. The highest BCUT2D eigenvalue weighted by Gasteiger charge is 2.15. The predicted octanol–water partition coefficient (Wildman–Crippen LogP) is 5.11. The van der Waals surface area contributed by atoms with Crippen LogP contribution in [0.25, 0.3) is 11.1 Å². The van der Waals surface area contributed by atoms with Gasteiger partial charge in [0, 0.05) is 5.56 Å². The van der Waals surface area contributed by atoms with Gasteiger partial charge in [-0.1, -0.05) is 44.2 Å². The Balaban J connectivity index is 2.37. The number of ether oxygens (including phenoxy) is 1. The summed E-state index contributed by atoms with van der Waals surface area (Å²) in [5, 5.41) is 0. The predicted molar refractivity (Wildman–Crippen MR) is 76.6 cm³/mol. The molecular weight excluding hydrogens is 258 g/mol. The molecule has 0 fully saturated rings. The lowest BCUT2D eigenvalue weighted by Gasteiger charge is -2.08. The molecule has 0 bridgehead atoms. The van der Waals surface area contributed by atoms with E-state index < -0.39 is 11.6 Å². The molecule has 3 heteroatoms. The Morgan fingerprint density at radius 2 is 1.75 bits per heavy atom. The Morgan fingerprint density at radius 3 is 2.35 bits per heavy atom. The van der Waals surface area contributed by atoms with Crippen LogP contribution in [0.5, 0.6) is 5.75 Å². The summed E-state index contributed by atoms with van der Waals surface area (Å²) < 4.78 is 32.6. The minimum absolute atomic E-state index is 0.163. The molecule has 2 aromatic carbocycles. The second-order valence-electron chi connectivity index (χ2n) is 4.47. The third-order valence-corrected chi connectivity index (χ3v) is 3.06. The van der Waals surface area contributed by atoms with Crippen molar-refractivity contribution in [2.45, 2.75) is 19.8 Å². The molecule has 0 atom stereocenters. The summed E-state index contributed by atoms with van der Waals surface area (Å²) in [6.45, 7) is 5.42. The summed E-state index contributed by atoms with van der Waals surface area (Å²) in [5.74, 6) is -2.07. The molecule has 20 heavy (non-hydrogen) atoms. The fourth-order valence-electron chi connectivity index (χ4n) is 2.08. The van der Waals surface area contributed by atoms with Gasteiger partial charge in [-0.25, -0.2) is 4.39 Å². The molecule has 2 rings (SSSR count). The molecule has 104 valence electrons. The number of rotatable bonds is 5. The largest absolute Gasteiger partial charge is 0.462 e. The third kappa shape index (κ3) is 2.87. The van der Waals surface area contributed by atoms with Crippen molar-refractivity contribution >= 4 is 0 Å². The van der Waals surface area contributed by atoms with E-state index in [2.05, 4.69) is 13.5 Å². The van der Waals surface area contributed by atoms with Gasteiger partial charge < -0.3 is 4.74 Å². The van der Waals surface area contributed by atoms with Gasteiger partial charge in [0.05, 0.1) is 6.26 Å². The van der Waals surface area contributed by atoms with Gasteiger partial charge in [-0.3, -0.25) is 0 Å². The minimum atomic E-state index is -1.000. The van der Waals surface area contributed by atoms with Crippen LogP contribution in [0.3, 0.4) is 0 Å². The van der Waals surface area contributed by atoms with Crippen LogP contribution >= 0.6 is 0 Å². The average molecular weight is 274 g/mol. The van der Waals surface area contributed by atoms with E-state index in [9.17, 15) is 8.78 Å². The van der Waals surface area contributed by atoms with E-state index in [4.69, 9.17) is 4.74 Å². The van der Waals surface area contributed by atoms with E-state index in [0.29, 0.717) is 5.56 Å². The van der Waals surface area contributed by atoms with E-state index >= 15 is 0 Å². The van der Waals surface area contributed by atoms with Crippen molar-refractivity contribution in [1.29, 1.82) is 0 Å². The molecule has 2 aromatic rings. The first kappa shape index (κ1) is 14.3. The highest BCUT2D eigenvalue weighted by atomic mass is 19.2. The summed E-state index contributed by atoms with van der Waals surface area (Å²) in [6.07, 6.45) is 3.09. The lowest BCUT2D eigenvalue weighted by atomic mass is 10.0. The summed E-state index contributed by atoms with van der Waals surface area (Å²) in [6, 6.07) is 10.4. The van der Waals surface area contributed by atoms with Crippen molar-refractivity contribution in [2.24, 2.45) is 0 Å². The van der Waals surface area contributed by atoms with Gasteiger partial charge in [0.15, 0.2) is 11.6 Å². The van der Waals surface area contributed by atoms with Gasteiger partial charge in [-0.05, 0) is 29.7 Å². The van der Waals surface area contributed by atoms with Crippen molar-refractivity contribution in [2.75, 3.05) is 0 Å². The van der Waals surface area contributed by atoms with Gasteiger partial charge in [0.1, 0.15) is 0 Å². The summed E-state index contributed by atoms with van der Waals surface area (Å²) in [5.41, 5.74) is 2.05. The van der Waals surface area contributed by atoms with Crippen LogP contribution in [0.2, 0.25) is 0 Å². The highest BCUT2D eigenvalue weighted by molar-refractivity contribution is 5.65. The second-order valence-corrected chi connectivity index (χ2v) is 4.47. The zero-order valence-corrected chi connectivity index (χ0v) is 11.3. The maximum atomic E-state index is 14.0. The topological polar surface area (TPSA) is 9.23 Å². The standard InChI is InChI=1S/C17H16F2O/c1-3-5-12-6-8-13(9-7-12)14-10-11-15(20-4-2)17(19)16(14)18/h4,6-11H,2-3,5H2,1H3. The van der Waals surface area contributed by atoms with E-state index in [0.717, 1.165) is 19.1 Å². The van der Waals surface area contributed by atoms with E-state index in [-0.39, 0.29) is 11.3 Å². The van der Waals surface area contributed by atoms with Gasteiger partial charge in [-0.2, -0.15) is 4.39 Å². The van der Waals surface area contributed by atoms with Crippen LogP contribution in [0.1, 0.15) is 18.9 Å². The van der Waals surface area contributed by atoms with Gasteiger partial charge in [0.25, 0.3) is 0 Å². The molecule has 0 heterocycles. The van der Waals surface area contributed by atoms with E-state index in [1.165, 1.54) is 17.7 Å².